The van der Waals surface area contributed by atoms with E-state index in [-0.39, 0.29) is 0 Å². The minimum atomic E-state index is 0.482. The highest BCUT2D eigenvalue weighted by Crippen LogP contribution is 2.32. The molecule has 118 valence electrons. The molecule has 0 aliphatic heterocycles. The quantitative estimate of drug-likeness (QED) is 0.528. The van der Waals surface area contributed by atoms with Crippen molar-refractivity contribution in [1.82, 2.24) is 19.7 Å². The summed E-state index contributed by atoms with van der Waals surface area (Å²) in [7, 11) is 0. The summed E-state index contributed by atoms with van der Waals surface area (Å²) in [5, 5.41) is 11.5. The predicted molar refractivity (Wildman–Crippen MR) is 96.3 cm³/mol. The number of rotatable bonds is 3. The lowest BCUT2D eigenvalue weighted by Gasteiger charge is -2.11. The topological polar surface area (TPSA) is 43.6 Å². The Hall–Kier alpha value is -2.43. The third-order valence-corrected chi connectivity index (χ3v) is 4.74. The number of hydrogen-bond donors (Lipinski definition) is 0. The Morgan fingerprint density at radius 3 is 2.79 bits per heavy atom. The van der Waals surface area contributed by atoms with Crippen LogP contribution in [0.3, 0.4) is 0 Å². The lowest BCUT2D eigenvalue weighted by atomic mass is 10.1. The van der Waals surface area contributed by atoms with Crippen molar-refractivity contribution < 1.29 is 0 Å². The molecular formula is C18H12Cl2N4. The molecule has 0 bridgehead atoms. The lowest BCUT2D eigenvalue weighted by molar-refractivity contribution is 0.808. The molecular weight excluding hydrogens is 343 g/mol. The van der Waals surface area contributed by atoms with Crippen LogP contribution in [0.2, 0.25) is 10.0 Å². The molecule has 0 atom stereocenters. The van der Waals surface area contributed by atoms with Crippen LogP contribution in [0.5, 0.6) is 0 Å². The molecule has 2 aromatic heterocycles. The van der Waals surface area contributed by atoms with Crippen LogP contribution in [0.1, 0.15) is 5.56 Å². The van der Waals surface area contributed by atoms with Gasteiger partial charge in [-0.3, -0.25) is 4.98 Å². The van der Waals surface area contributed by atoms with Crippen molar-refractivity contribution in [2.24, 2.45) is 0 Å². The van der Waals surface area contributed by atoms with E-state index in [0.29, 0.717) is 22.4 Å². The predicted octanol–water partition coefficient (Wildman–Crippen LogP) is 4.85. The second-order valence-electron chi connectivity index (χ2n) is 5.40. The minimum absolute atomic E-state index is 0.482. The largest absolute Gasteiger partial charge is 0.309 e. The maximum Gasteiger partial charge on any atom is 0.165 e. The van der Waals surface area contributed by atoms with Gasteiger partial charge in [-0.1, -0.05) is 47.5 Å². The average Bonchev–Trinajstić information content (AvgIpc) is 3.06. The van der Waals surface area contributed by atoms with E-state index in [2.05, 4.69) is 21.2 Å². The Bertz CT molecular complexity index is 1020. The van der Waals surface area contributed by atoms with Crippen molar-refractivity contribution in [1.29, 1.82) is 0 Å². The van der Waals surface area contributed by atoms with Gasteiger partial charge in [0.05, 0.1) is 16.6 Å². The van der Waals surface area contributed by atoms with E-state index in [0.717, 1.165) is 21.9 Å². The first-order chi connectivity index (χ1) is 11.7. The first-order valence-electron chi connectivity index (χ1n) is 7.38. The molecule has 0 saturated heterocycles. The van der Waals surface area contributed by atoms with E-state index >= 15 is 0 Å². The Labute approximate surface area is 148 Å². The van der Waals surface area contributed by atoms with Gasteiger partial charge < -0.3 is 4.57 Å². The van der Waals surface area contributed by atoms with Gasteiger partial charge in [0.1, 0.15) is 6.33 Å². The molecule has 0 radical (unpaired) electrons. The molecule has 24 heavy (non-hydrogen) atoms. The monoisotopic (exact) mass is 354 g/mol. The average molecular weight is 355 g/mol. The third kappa shape index (κ3) is 2.64. The smallest absolute Gasteiger partial charge is 0.165 e. The standard InChI is InChI=1S/C18H12Cl2N4/c19-16-6-2-5-15(17(16)20)18-23-22-11-24(18)10-13-4-1-3-12-9-21-8-7-14(12)13/h1-9,11H,10H2. The van der Waals surface area contributed by atoms with Gasteiger partial charge in [-0.2, -0.15) is 0 Å². The van der Waals surface area contributed by atoms with E-state index < -0.39 is 0 Å². The molecule has 0 aliphatic rings. The number of benzene rings is 2. The molecule has 4 nitrogen and oxygen atoms in total. The molecule has 0 spiro atoms. The van der Waals surface area contributed by atoms with E-state index in [4.69, 9.17) is 23.2 Å². The van der Waals surface area contributed by atoms with Gasteiger partial charge in [-0.15, -0.1) is 10.2 Å². The normalized spacial score (nSPS) is 11.1. The van der Waals surface area contributed by atoms with Gasteiger partial charge in [-0.25, -0.2) is 0 Å². The second-order valence-corrected chi connectivity index (χ2v) is 6.18. The van der Waals surface area contributed by atoms with Crippen molar-refractivity contribution in [3.63, 3.8) is 0 Å². The Kier molecular flexibility index (Phi) is 3.92. The molecule has 0 aliphatic carbocycles. The molecule has 4 aromatic rings. The van der Waals surface area contributed by atoms with Gasteiger partial charge in [0.25, 0.3) is 0 Å². The SMILES string of the molecule is Clc1cccc(-c2nncn2Cc2cccc3cnccc23)c1Cl. The van der Waals surface area contributed by atoms with Crippen LogP contribution in [0.25, 0.3) is 22.2 Å². The van der Waals surface area contributed by atoms with Crippen molar-refractivity contribution in [3.8, 4) is 11.4 Å². The van der Waals surface area contributed by atoms with Crippen LogP contribution in [-0.4, -0.2) is 19.7 Å². The van der Waals surface area contributed by atoms with E-state index in [1.807, 2.05) is 41.1 Å². The van der Waals surface area contributed by atoms with E-state index in [1.165, 1.54) is 0 Å². The molecule has 0 amide bonds. The number of halogens is 2. The fourth-order valence-corrected chi connectivity index (χ4v) is 3.15. The summed E-state index contributed by atoms with van der Waals surface area (Å²) in [6.45, 7) is 0.631. The molecule has 0 unspecified atom stereocenters. The summed E-state index contributed by atoms with van der Waals surface area (Å²) in [4.78, 5) is 4.17. The molecule has 2 aromatic carbocycles. The van der Waals surface area contributed by atoms with E-state index in [1.54, 1.807) is 18.6 Å². The third-order valence-electron chi connectivity index (χ3n) is 3.92. The summed E-state index contributed by atoms with van der Waals surface area (Å²) in [5.74, 6) is 0.688. The summed E-state index contributed by atoms with van der Waals surface area (Å²) >= 11 is 12.5. The summed E-state index contributed by atoms with van der Waals surface area (Å²) < 4.78 is 1.97. The number of aromatic nitrogens is 4. The number of fused-ring (bicyclic) bond motifs is 1. The van der Waals surface area contributed by atoms with Gasteiger partial charge in [0.15, 0.2) is 5.82 Å². The fraction of sp³-hybridized carbons (Fsp3) is 0.0556. The summed E-state index contributed by atoms with van der Waals surface area (Å²) in [6.07, 6.45) is 5.36. The molecule has 4 rings (SSSR count). The number of nitrogens with zero attached hydrogens (tertiary/aromatic N) is 4. The van der Waals surface area contributed by atoms with Crippen LogP contribution in [0.4, 0.5) is 0 Å². The van der Waals surface area contributed by atoms with Crippen LogP contribution in [0.15, 0.2) is 61.2 Å². The Morgan fingerprint density at radius 1 is 1.00 bits per heavy atom. The van der Waals surface area contributed by atoms with Crippen LogP contribution >= 0.6 is 23.2 Å². The lowest BCUT2D eigenvalue weighted by Crippen LogP contribution is -2.02. The molecule has 0 N–H and O–H groups in total. The second kappa shape index (κ2) is 6.23. The zero-order valence-corrected chi connectivity index (χ0v) is 14.0. The number of hydrogen-bond acceptors (Lipinski definition) is 3. The van der Waals surface area contributed by atoms with Gasteiger partial charge in [-0.05, 0) is 29.1 Å². The van der Waals surface area contributed by atoms with Crippen molar-refractivity contribution in [2.75, 3.05) is 0 Å². The zero-order valence-electron chi connectivity index (χ0n) is 12.5. The van der Waals surface area contributed by atoms with Crippen molar-refractivity contribution in [2.45, 2.75) is 6.54 Å². The Balaban J connectivity index is 1.79. The minimum Gasteiger partial charge on any atom is -0.309 e. The first-order valence-corrected chi connectivity index (χ1v) is 8.13. The maximum atomic E-state index is 6.33. The highest BCUT2D eigenvalue weighted by molar-refractivity contribution is 6.43. The zero-order chi connectivity index (χ0) is 16.5. The molecule has 6 heteroatoms. The molecule has 0 saturated carbocycles. The van der Waals surface area contributed by atoms with Crippen LogP contribution in [-0.2, 0) is 6.54 Å². The molecule has 2 heterocycles. The number of pyridine rings is 1. The van der Waals surface area contributed by atoms with Crippen LogP contribution < -0.4 is 0 Å². The summed E-state index contributed by atoms with van der Waals surface area (Å²) in [5.41, 5.74) is 1.93. The van der Waals surface area contributed by atoms with Gasteiger partial charge >= 0.3 is 0 Å². The fourth-order valence-electron chi connectivity index (χ4n) is 2.77. The highest BCUT2D eigenvalue weighted by atomic mass is 35.5. The van der Waals surface area contributed by atoms with Gasteiger partial charge in [0.2, 0.25) is 0 Å². The van der Waals surface area contributed by atoms with Crippen LogP contribution in [0, 0.1) is 0 Å². The maximum absolute atomic E-state index is 6.33. The Morgan fingerprint density at radius 2 is 1.88 bits per heavy atom. The molecule has 0 fully saturated rings. The van der Waals surface area contributed by atoms with Crippen molar-refractivity contribution >= 4 is 34.0 Å². The van der Waals surface area contributed by atoms with Crippen molar-refractivity contribution in [3.05, 3.63) is 76.8 Å². The van der Waals surface area contributed by atoms with Gasteiger partial charge in [0, 0.05) is 23.3 Å². The van der Waals surface area contributed by atoms with E-state index in [9.17, 15) is 0 Å². The first kappa shape index (κ1) is 15.1. The highest BCUT2D eigenvalue weighted by Gasteiger charge is 2.14. The summed E-state index contributed by atoms with van der Waals surface area (Å²) in [6, 6.07) is 13.7.